The first kappa shape index (κ1) is 13.3. The zero-order valence-corrected chi connectivity index (χ0v) is 11.3. The zero-order valence-electron chi connectivity index (χ0n) is 11.3. The van der Waals surface area contributed by atoms with Crippen LogP contribution in [0, 0.1) is 0 Å². The van der Waals surface area contributed by atoms with Gasteiger partial charge < -0.3 is 10.6 Å². The minimum atomic E-state index is -0.266. The molecule has 1 atom stereocenters. The van der Waals surface area contributed by atoms with E-state index in [-0.39, 0.29) is 11.9 Å². The van der Waals surface area contributed by atoms with E-state index in [2.05, 4.69) is 15.6 Å². The summed E-state index contributed by atoms with van der Waals surface area (Å²) in [5.41, 5.74) is 1.86. The van der Waals surface area contributed by atoms with Crippen molar-refractivity contribution < 1.29 is 4.79 Å². The molecule has 1 aromatic carbocycles. The van der Waals surface area contributed by atoms with Crippen LogP contribution in [-0.2, 0) is 4.79 Å². The van der Waals surface area contributed by atoms with Crippen LogP contribution >= 0.6 is 0 Å². The number of nitrogens with one attached hydrogen (secondary N) is 2. The van der Waals surface area contributed by atoms with Crippen LogP contribution in [-0.4, -0.2) is 23.5 Å². The number of amides is 1. The van der Waals surface area contributed by atoms with Crippen molar-refractivity contribution in [2.75, 3.05) is 11.9 Å². The first-order valence-corrected chi connectivity index (χ1v) is 6.60. The van der Waals surface area contributed by atoms with Gasteiger partial charge in [0, 0.05) is 23.8 Å². The summed E-state index contributed by atoms with van der Waals surface area (Å²) in [4.78, 5) is 16.2. The Morgan fingerprint density at radius 2 is 2.11 bits per heavy atom. The number of benzene rings is 1. The van der Waals surface area contributed by atoms with Crippen molar-refractivity contribution in [3.63, 3.8) is 0 Å². The van der Waals surface area contributed by atoms with Crippen LogP contribution in [0.2, 0.25) is 0 Å². The summed E-state index contributed by atoms with van der Waals surface area (Å²) in [5.74, 6) is 0.0164. The van der Waals surface area contributed by atoms with Crippen LogP contribution < -0.4 is 10.6 Å². The summed E-state index contributed by atoms with van der Waals surface area (Å²) in [6, 6.07) is 9.51. The van der Waals surface area contributed by atoms with Gasteiger partial charge in [0.2, 0.25) is 5.91 Å². The highest BCUT2D eigenvalue weighted by atomic mass is 16.2. The molecule has 1 unspecified atom stereocenters. The Hall–Kier alpha value is -2.10. The maximum absolute atomic E-state index is 11.9. The largest absolute Gasteiger partial charge is 0.373 e. The van der Waals surface area contributed by atoms with Gasteiger partial charge in [-0.1, -0.05) is 25.1 Å². The molecular weight excluding hydrogens is 238 g/mol. The molecule has 1 aromatic heterocycles. The Bertz CT molecular complexity index is 563. The lowest BCUT2D eigenvalue weighted by molar-refractivity contribution is -0.121. The van der Waals surface area contributed by atoms with Crippen molar-refractivity contribution in [2.45, 2.75) is 26.3 Å². The Kier molecular flexibility index (Phi) is 4.34. The van der Waals surface area contributed by atoms with Crippen molar-refractivity contribution in [1.29, 1.82) is 0 Å². The number of rotatable bonds is 5. The van der Waals surface area contributed by atoms with Gasteiger partial charge in [-0.2, -0.15) is 0 Å². The minimum absolute atomic E-state index is 0.0164. The average molecular weight is 257 g/mol. The second-order valence-electron chi connectivity index (χ2n) is 4.53. The molecule has 0 bridgehead atoms. The molecule has 0 aliphatic heterocycles. The van der Waals surface area contributed by atoms with E-state index in [1.165, 1.54) is 0 Å². The number of carbonyl (C=O) groups excluding carboxylic acids is 1. The first-order chi connectivity index (χ1) is 9.22. The Morgan fingerprint density at radius 3 is 2.89 bits per heavy atom. The Balaban J connectivity index is 2.15. The van der Waals surface area contributed by atoms with E-state index in [1.807, 2.05) is 44.2 Å². The molecule has 4 nitrogen and oxygen atoms in total. The number of anilines is 1. The van der Waals surface area contributed by atoms with Gasteiger partial charge in [0.25, 0.3) is 0 Å². The summed E-state index contributed by atoms with van der Waals surface area (Å²) in [6.45, 7) is 4.61. The van der Waals surface area contributed by atoms with E-state index in [9.17, 15) is 4.79 Å². The molecular formula is C15H19N3O. The van der Waals surface area contributed by atoms with Crippen LogP contribution in [0.15, 0.2) is 36.5 Å². The smallest absolute Gasteiger partial charge is 0.242 e. The van der Waals surface area contributed by atoms with Crippen molar-refractivity contribution in [1.82, 2.24) is 10.3 Å². The van der Waals surface area contributed by atoms with Crippen molar-refractivity contribution in [3.8, 4) is 0 Å². The fourth-order valence-electron chi connectivity index (χ4n) is 1.92. The molecule has 0 aliphatic rings. The first-order valence-electron chi connectivity index (χ1n) is 6.60. The second-order valence-corrected chi connectivity index (χ2v) is 4.53. The highest BCUT2D eigenvalue weighted by molar-refractivity contribution is 5.93. The summed E-state index contributed by atoms with van der Waals surface area (Å²) in [6.07, 6.45) is 2.69. The van der Waals surface area contributed by atoms with Gasteiger partial charge in [0.15, 0.2) is 0 Å². The molecule has 0 spiro atoms. The number of nitrogens with zero attached hydrogens (tertiary/aromatic N) is 1. The SMILES string of the molecule is CCCNC(=O)C(C)Nc1ccnc2ccccc12. The predicted octanol–water partition coefficient (Wildman–Crippen LogP) is 2.56. The number of para-hydroxylation sites is 1. The summed E-state index contributed by atoms with van der Waals surface area (Å²) >= 11 is 0. The normalized spacial score (nSPS) is 12.1. The highest BCUT2D eigenvalue weighted by Gasteiger charge is 2.12. The summed E-state index contributed by atoms with van der Waals surface area (Å²) < 4.78 is 0. The van der Waals surface area contributed by atoms with Gasteiger partial charge >= 0.3 is 0 Å². The molecule has 100 valence electrons. The predicted molar refractivity (Wildman–Crippen MR) is 78.1 cm³/mol. The molecule has 0 saturated heterocycles. The lowest BCUT2D eigenvalue weighted by Gasteiger charge is -2.16. The molecule has 0 saturated carbocycles. The van der Waals surface area contributed by atoms with E-state index in [1.54, 1.807) is 6.20 Å². The van der Waals surface area contributed by atoms with E-state index in [4.69, 9.17) is 0 Å². The van der Waals surface area contributed by atoms with Gasteiger partial charge in [-0.25, -0.2) is 0 Å². The molecule has 2 N–H and O–H groups in total. The lowest BCUT2D eigenvalue weighted by Crippen LogP contribution is -2.37. The number of fused-ring (bicyclic) bond motifs is 1. The molecule has 2 rings (SSSR count). The van der Waals surface area contributed by atoms with Crippen LogP contribution in [0.5, 0.6) is 0 Å². The molecule has 1 amide bonds. The minimum Gasteiger partial charge on any atom is -0.373 e. The zero-order chi connectivity index (χ0) is 13.7. The number of pyridine rings is 1. The third-order valence-electron chi connectivity index (χ3n) is 2.96. The third-order valence-corrected chi connectivity index (χ3v) is 2.96. The van der Waals surface area contributed by atoms with Gasteiger partial charge in [-0.3, -0.25) is 9.78 Å². The summed E-state index contributed by atoms with van der Waals surface area (Å²) in [7, 11) is 0. The molecule has 1 heterocycles. The third kappa shape index (κ3) is 3.22. The standard InChI is InChI=1S/C15H19N3O/c1-3-9-17-15(19)11(2)18-14-8-10-16-13-7-5-4-6-12(13)14/h4-8,10-11H,3,9H2,1-2H3,(H,16,18)(H,17,19). The Morgan fingerprint density at radius 1 is 1.32 bits per heavy atom. The van der Waals surface area contributed by atoms with E-state index >= 15 is 0 Å². The number of carbonyl (C=O) groups is 1. The van der Waals surface area contributed by atoms with Crippen LogP contribution in [0.25, 0.3) is 10.9 Å². The van der Waals surface area contributed by atoms with E-state index in [0.717, 1.165) is 23.0 Å². The quantitative estimate of drug-likeness (QED) is 0.865. The van der Waals surface area contributed by atoms with Crippen LogP contribution in [0.1, 0.15) is 20.3 Å². The average Bonchev–Trinajstić information content (AvgIpc) is 2.45. The molecule has 0 aliphatic carbocycles. The monoisotopic (exact) mass is 257 g/mol. The van der Waals surface area contributed by atoms with Gasteiger partial charge in [-0.05, 0) is 25.5 Å². The van der Waals surface area contributed by atoms with Crippen molar-refractivity contribution in [2.24, 2.45) is 0 Å². The fourth-order valence-corrected chi connectivity index (χ4v) is 1.92. The van der Waals surface area contributed by atoms with E-state index in [0.29, 0.717) is 6.54 Å². The van der Waals surface area contributed by atoms with Gasteiger partial charge in [0.05, 0.1) is 5.52 Å². The molecule has 4 heteroatoms. The second kappa shape index (κ2) is 6.18. The molecule has 19 heavy (non-hydrogen) atoms. The topological polar surface area (TPSA) is 54.0 Å². The number of hydrogen-bond acceptors (Lipinski definition) is 3. The maximum Gasteiger partial charge on any atom is 0.242 e. The molecule has 0 fully saturated rings. The number of hydrogen-bond donors (Lipinski definition) is 2. The fraction of sp³-hybridized carbons (Fsp3) is 0.333. The number of aromatic nitrogens is 1. The molecule has 2 aromatic rings. The lowest BCUT2D eigenvalue weighted by atomic mass is 10.1. The maximum atomic E-state index is 11.9. The van der Waals surface area contributed by atoms with Crippen LogP contribution in [0.3, 0.4) is 0 Å². The Labute approximate surface area is 113 Å². The van der Waals surface area contributed by atoms with E-state index < -0.39 is 0 Å². The highest BCUT2D eigenvalue weighted by Crippen LogP contribution is 2.21. The van der Waals surface area contributed by atoms with Crippen LogP contribution in [0.4, 0.5) is 5.69 Å². The summed E-state index contributed by atoms with van der Waals surface area (Å²) in [5, 5.41) is 7.15. The van der Waals surface area contributed by atoms with Gasteiger partial charge in [-0.15, -0.1) is 0 Å². The van der Waals surface area contributed by atoms with Gasteiger partial charge in [0.1, 0.15) is 6.04 Å². The van der Waals surface area contributed by atoms with Crippen molar-refractivity contribution >= 4 is 22.5 Å². The molecule has 0 radical (unpaired) electrons. The van der Waals surface area contributed by atoms with Crippen molar-refractivity contribution in [3.05, 3.63) is 36.5 Å².